The number of nitrogens with one attached hydrogen (secondary N) is 2. The van der Waals surface area contributed by atoms with E-state index in [9.17, 15) is 10.1 Å². The molecule has 3 aromatic carbocycles. The summed E-state index contributed by atoms with van der Waals surface area (Å²) < 4.78 is 7.64. The summed E-state index contributed by atoms with van der Waals surface area (Å²) in [7, 11) is 0. The summed E-state index contributed by atoms with van der Waals surface area (Å²) in [4.78, 5) is 19.3. The number of nitrogens with zero attached hydrogens (tertiary/aromatic N) is 3. The Morgan fingerprint density at radius 1 is 1.09 bits per heavy atom. The maximum Gasteiger partial charge on any atom is 0.270 e. The Morgan fingerprint density at radius 3 is 2.50 bits per heavy atom. The first-order chi connectivity index (χ1) is 16.5. The quantitative estimate of drug-likeness (QED) is 0.211. The van der Waals surface area contributed by atoms with E-state index in [0.29, 0.717) is 23.5 Å². The van der Waals surface area contributed by atoms with Crippen LogP contribution in [0.2, 0.25) is 0 Å². The summed E-state index contributed by atoms with van der Waals surface area (Å²) in [6.07, 6.45) is 1.57. The molecule has 0 aliphatic carbocycles. The molecule has 0 amide bonds. The van der Waals surface area contributed by atoms with E-state index in [1.807, 2.05) is 66.7 Å². The molecule has 0 aliphatic heterocycles. The van der Waals surface area contributed by atoms with Gasteiger partial charge in [-0.15, -0.1) is 0 Å². The van der Waals surface area contributed by atoms with Crippen LogP contribution in [0.4, 0.5) is 5.95 Å². The second-order valence-electron chi connectivity index (χ2n) is 7.07. The fourth-order valence-electron chi connectivity index (χ4n) is 3.16. The van der Waals surface area contributed by atoms with Gasteiger partial charge in [0.15, 0.2) is 0 Å². The van der Waals surface area contributed by atoms with Crippen molar-refractivity contribution in [3.63, 3.8) is 0 Å². The molecule has 4 aromatic rings. The van der Waals surface area contributed by atoms with Gasteiger partial charge in [0.2, 0.25) is 5.95 Å². The molecule has 34 heavy (non-hydrogen) atoms. The molecule has 0 aliphatic rings. The molecule has 0 spiro atoms. The van der Waals surface area contributed by atoms with Crippen LogP contribution in [0.5, 0.6) is 5.75 Å². The zero-order valence-corrected chi connectivity index (χ0v) is 20.8. The number of H-pyrrole nitrogens is 1. The molecular weight excluding hydrogens is 562 g/mol. The molecule has 0 unspecified atom stereocenters. The zero-order chi connectivity index (χ0) is 23.9. The van der Waals surface area contributed by atoms with Crippen molar-refractivity contribution in [2.45, 2.75) is 6.61 Å². The molecule has 0 saturated heterocycles. The van der Waals surface area contributed by atoms with Crippen molar-refractivity contribution in [3.8, 4) is 23.1 Å². The molecule has 0 saturated carbocycles. The molecule has 0 radical (unpaired) electrons. The lowest BCUT2D eigenvalue weighted by Crippen LogP contribution is -2.16. The van der Waals surface area contributed by atoms with E-state index in [4.69, 9.17) is 4.74 Å². The second-order valence-corrected chi connectivity index (χ2v) is 8.84. The molecule has 1 heterocycles. The number of benzene rings is 3. The summed E-state index contributed by atoms with van der Waals surface area (Å²) in [5, 5.41) is 13.6. The number of halogens is 2. The summed E-state index contributed by atoms with van der Waals surface area (Å²) >= 11 is 7.02. The minimum atomic E-state index is -0.550. The normalized spacial score (nSPS) is 10.7. The lowest BCUT2D eigenvalue weighted by molar-refractivity contribution is 0.304. The van der Waals surface area contributed by atoms with E-state index < -0.39 is 5.56 Å². The van der Waals surface area contributed by atoms with Gasteiger partial charge in [-0.25, -0.2) is 10.4 Å². The highest BCUT2D eigenvalue weighted by atomic mass is 79.9. The number of hydrazone groups is 1. The number of hydrogen-bond acceptors (Lipinski definition) is 6. The first-order valence-electron chi connectivity index (χ1n) is 10.1. The molecule has 4 rings (SSSR count). The van der Waals surface area contributed by atoms with Crippen LogP contribution in [0.1, 0.15) is 16.7 Å². The summed E-state index contributed by atoms with van der Waals surface area (Å²) in [5.41, 5.74) is 4.80. The summed E-state index contributed by atoms with van der Waals surface area (Å²) in [5.74, 6) is 0.726. The van der Waals surface area contributed by atoms with Crippen molar-refractivity contribution in [1.29, 1.82) is 5.26 Å². The molecule has 9 heteroatoms. The fraction of sp³-hybridized carbons (Fsp3) is 0.0400. The van der Waals surface area contributed by atoms with Gasteiger partial charge in [-0.2, -0.15) is 10.4 Å². The van der Waals surface area contributed by atoms with Crippen molar-refractivity contribution in [3.05, 3.63) is 109 Å². The number of nitriles is 1. The van der Waals surface area contributed by atoms with Gasteiger partial charge in [0.25, 0.3) is 5.56 Å². The lowest BCUT2D eigenvalue weighted by Gasteiger charge is -2.12. The number of anilines is 1. The number of aromatic nitrogens is 2. The van der Waals surface area contributed by atoms with E-state index in [1.54, 1.807) is 18.3 Å². The van der Waals surface area contributed by atoms with Gasteiger partial charge in [-0.05, 0) is 33.6 Å². The third-order valence-electron chi connectivity index (χ3n) is 4.72. The molecule has 0 atom stereocenters. The minimum absolute atomic E-state index is 0.0618. The van der Waals surface area contributed by atoms with Crippen molar-refractivity contribution in [2.75, 3.05) is 5.43 Å². The van der Waals surface area contributed by atoms with Crippen molar-refractivity contribution in [1.82, 2.24) is 9.97 Å². The summed E-state index contributed by atoms with van der Waals surface area (Å²) in [6.45, 7) is 0.389. The Balaban J connectivity index is 1.60. The maximum atomic E-state index is 12.4. The Morgan fingerprint density at radius 2 is 1.79 bits per heavy atom. The predicted octanol–water partition coefficient (Wildman–Crippen LogP) is 5.86. The molecule has 0 bridgehead atoms. The van der Waals surface area contributed by atoms with Gasteiger partial charge in [0.1, 0.15) is 24.0 Å². The first kappa shape index (κ1) is 23.4. The number of hydrogen-bond donors (Lipinski definition) is 2. The van der Waals surface area contributed by atoms with Gasteiger partial charge in [-0.1, -0.05) is 76.6 Å². The topological polar surface area (TPSA) is 103 Å². The van der Waals surface area contributed by atoms with Gasteiger partial charge in [0, 0.05) is 15.6 Å². The number of aromatic amines is 1. The third kappa shape index (κ3) is 5.60. The highest BCUT2D eigenvalue weighted by molar-refractivity contribution is 9.11. The Kier molecular flexibility index (Phi) is 7.52. The largest absolute Gasteiger partial charge is 0.487 e. The molecule has 2 N–H and O–H groups in total. The van der Waals surface area contributed by atoms with Crippen LogP contribution in [-0.2, 0) is 6.61 Å². The SMILES string of the molecule is N#Cc1c(-c2ccccc2)nc(NN=Cc2cc(Br)cc(Br)c2OCc2ccccc2)[nH]c1=O. The van der Waals surface area contributed by atoms with Crippen LogP contribution in [0.25, 0.3) is 11.3 Å². The van der Waals surface area contributed by atoms with Gasteiger partial charge >= 0.3 is 0 Å². The number of ether oxygens (including phenoxy) is 1. The first-order valence-corrected chi connectivity index (χ1v) is 11.7. The van der Waals surface area contributed by atoms with E-state index in [1.165, 1.54) is 0 Å². The van der Waals surface area contributed by atoms with Crippen molar-refractivity contribution >= 4 is 44.0 Å². The maximum absolute atomic E-state index is 12.4. The minimum Gasteiger partial charge on any atom is -0.487 e. The average molecular weight is 579 g/mol. The van der Waals surface area contributed by atoms with Gasteiger partial charge in [0.05, 0.1) is 16.4 Å². The molecular formula is C25H17Br2N5O2. The average Bonchev–Trinajstić information content (AvgIpc) is 2.84. The van der Waals surface area contributed by atoms with Gasteiger partial charge < -0.3 is 4.74 Å². The van der Waals surface area contributed by atoms with Gasteiger partial charge in [-0.3, -0.25) is 9.78 Å². The van der Waals surface area contributed by atoms with E-state index in [2.05, 4.69) is 52.4 Å². The smallest absolute Gasteiger partial charge is 0.270 e. The van der Waals surface area contributed by atoms with E-state index in [0.717, 1.165) is 14.5 Å². The molecule has 1 aromatic heterocycles. The second kappa shape index (κ2) is 10.9. The standard InChI is InChI=1S/C25H17Br2N5O2/c26-19-11-18(23(21(27)12-19)34-15-16-7-3-1-4-8-16)14-29-32-25-30-22(17-9-5-2-6-10-17)20(13-28)24(33)31-25/h1-12,14H,15H2,(H2,30,31,32,33). The fourth-order valence-corrected chi connectivity index (χ4v) is 4.53. The monoisotopic (exact) mass is 577 g/mol. The van der Waals surface area contributed by atoms with Crippen molar-refractivity contribution < 1.29 is 4.74 Å². The Bertz CT molecular complexity index is 1430. The van der Waals surface area contributed by atoms with Crippen LogP contribution >= 0.6 is 31.9 Å². The predicted molar refractivity (Wildman–Crippen MR) is 139 cm³/mol. The van der Waals surface area contributed by atoms with Crippen LogP contribution in [0.15, 0.2) is 91.6 Å². The molecule has 168 valence electrons. The van der Waals surface area contributed by atoms with E-state index in [-0.39, 0.29) is 17.2 Å². The Labute approximate surface area is 212 Å². The van der Waals surface area contributed by atoms with Crippen LogP contribution < -0.4 is 15.7 Å². The van der Waals surface area contributed by atoms with E-state index >= 15 is 0 Å². The Hall–Kier alpha value is -3.74. The summed E-state index contributed by atoms with van der Waals surface area (Å²) in [6, 6.07) is 24.5. The zero-order valence-electron chi connectivity index (χ0n) is 17.6. The van der Waals surface area contributed by atoms with Crippen LogP contribution in [0, 0.1) is 11.3 Å². The third-order valence-corrected chi connectivity index (χ3v) is 5.76. The highest BCUT2D eigenvalue weighted by Gasteiger charge is 2.13. The van der Waals surface area contributed by atoms with Crippen LogP contribution in [-0.4, -0.2) is 16.2 Å². The lowest BCUT2D eigenvalue weighted by atomic mass is 10.1. The van der Waals surface area contributed by atoms with Crippen LogP contribution in [0.3, 0.4) is 0 Å². The molecule has 7 nitrogen and oxygen atoms in total. The highest BCUT2D eigenvalue weighted by Crippen LogP contribution is 2.32. The molecule has 0 fully saturated rings. The number of rotatable bonds is 7. The van der Waals surface area contributed by atoms with Crippen molar-refractivity contribution in [2.24, 2.45) is 5.10 Å².